The number of pyridine rings is 1. The average molecular weight is 330 g/mol. The van der Waals surface area contributed by atoms with Crippen molar-refractivity contribution >= 4 is 5.65 Å². The molecule has 0 saturated heterocycles. The zero-order valence-electron chi connectivity index (χ0n) is 11.3. The first-order chi connectivity index (χ1) is 8.43. The normalized spacial score (nSPS) is 8.74. The third kappa shape index (κ3) is 4.15. The first-order valence-electron chi connectivity index (χ1n) is 5.41. The Balaban J connectivity index is 0.000000776. The number of rotatable bonds is 1. The van der Waals surface area contributed by atoms with Crippen LogP contribution in [0.25, 0.3) is 16.8 Å². The third-order valence-corrected chi connectivity index (χ3v) is 2.13. The van der Waals surface area contributed by atoms with E-state index in [0.717, 1.165) is 16.8 Å². The molecule has 19 heavy (non-hydrogen) atoms. The van der Waals surface area contributed by atoms with Crippen LogP contribution in [-0.4, -0.2) is 24.6 Å². The molecule has 0 aromatic carbocycles. The average Bonchev–Trinajstić information content (AvgIpc) is 2.89. The van der Waals surface area contributed by atoms with E-state index in [1.807, 2.05) is 32.2 Å². The minimum atomic E-state index is 0. The van der Waals surface area contributed by atoms with Crippen LogP contribution in [-0.2, 0) is 32.7 Å². The van der Waals surface area contributed by atoms with E-state index in [1.165, 1.54) is 6.33 Å². The fourth-order valence-electron chi connectivity index (χ4n) is 1.40. The Kier molecular flexibility index (Phi) is 8.27. The zero-order chi connectivity index (χ0) is 12.1. The first-order valence-corrected chi connectivity index (χ1v) is 5.41. The van der Waals surface area contributed by atoms with Crippen LogP contribution in [0.4, 0.5) is 0 Å². The molecule has 0 N–H and O–H groups in total. The Morgan fingerprint density at radius 2 is 1.79 bits per heavy atom. The Hall–Kier alpha value is -1.20. The van der Waals surface area contributed by atoms with Crippen molar-refractivity contribution in [2.45, 2.75) is 13.8 Å². The van der Waals surface area contributed by atoms with Crippen molar-refractivity contribution in [2.24, 2.45) is 0 Å². The molecule has 3 heterocycles. The number of nitrogens with zero attached hydrogens (tertiary/aromatic N) is 5. The van der Waals surface area contributed by atoms with Gasteiger partial charge >= 0.3 is 0 Å². The van der Waals surface area contributed by atoms with Crippen LogP contribution in [0.15, 0.2) is 37.1 Å². The molecule has 3 aromatic rings. The topological polar surface area (TPSA) is 56.0 Å². The van der Waals surface area contributed by atoms with Gasteiger partial charge in [0.25, 0.3) is 0 Å². The fraction of sp³-hybridized carbons (Fsp3) is 0.154. The predicted octanol–water partition coefficient (Wildman–Crippen LogP) is 2.46. The summed E-state index contributed by atoms with van der Waals surface area (Å²) >= 11 is 0. The van der Waals surface area contributed by atoms with Crippen molar-refractivity contribution in [2.75, 3.05) is 0 Å². The SMILES string of the molecule is CC.[CH3-].[Y].[c-]1nnc2cc(-c3cncnc3)ccn12. The summed E-state index contributed by atoms with van der Waals surface area (Å²) in [5.74, 6) is 0. The number of aromatic nitrogens is 5. The van der Waals surface area contributed by atoms with Crippen molar-refractivity contribution in [3.63, 3.8) is 0 Å². The van der Waals surface area contributed by atoms with Gasteiger partial charge in [0.1, 0.15) is 6.33 Å². The van der Waals surface area contributed by atoms with Crippen LogP contribution < -0.4 is 0 Å². The zero-order valence-corrected chi connectivity index (χ0v) is 14.1. The minimum Gasteiger partial charge on any atom is -0.450 e. The van der Waals surface area contributed by atoms with Gasteiger partial charge in [0, 0.05) is 62.6 Å². The number of hydrogen-bond donors (Lipinski definition) is 0. The summed E-state index contributed by atoms with van der Waals surface area (Å²) in [5, 5.41) is 7.61. The maximum atomic E-state index is 3.97. The molecule has 97 valence electrons. The molecule has 0 unspecified atom stereocenters. The second-order valence-electron chi connectivity index (χ2n) is 3.07. The molecule has 6 heteroatoms. The molecule has 0 atom stereocenters. The summed E-state index contributed by atoms with van der Waals surface area (Å²) < 4.78 is 1.73. The summed E-state index contributed by atoms with van der Waals surface area (Å²) in [6, 6.07) is 3.87. The smallest absolute Gasteiger partial charge is 0.115 e. The van der Waals surface area contributed by atoms with Crippen molar-refractivity contribution in [3.8, 4) is 11.1 Å². The molecule has 0 amide bonds. The van der Waals surface area contributed by atoms with Crippen LogP contribution >= 0.6 is 0 Å². The van der Waals surface area contributed by atoms with Gasteiger partial charge in [-0.15, -0.1) is 0 Å². The van der Waals surface area contributed by atoms with Crippen LogP contribution in [0.5, 0.6) is 0 Å². The summed E-state index contributed by atoms with van der Waals surface area (Å²) in [6.45, 7) is 4.00. The molecule has 5 nitrogen and oxygen atoms in total. The van der Waals surface area contributed by atoms with E-state index in [1.54, 1.807) is 16.8 Å². The van der Waals surface area contributed by atoms with E-state index < -0.39 is 0 Å². The van der Waals surface area contributed by atoms with Gasteiger partial charge in [-0.2, -0.15) is 0 Å². The van der Waals surface area contributed by atoms with E-state index in [4.69, 9.17) is 0 Å². The summed E-state index contributed by atoms with van der Waals surface area (Å²) in [4.78, 5) is 7.93. The van der Waals surface area contributed by atoms with Crippen LogP contribution in [0.2, 0.25) is 0 Å². The van der Waals surface area contributed by atoms with Crippen LogP contribution in [0.3, 0.4) is 0 Å². The second kappa shape index (κ2) is 8.83. The Morgan fingerprint density at radius 3 is 2.47 bits per heavy atom. The molecule has 0 aliphatic heterocycles. The van der Waals surface area contributed by atoms with E-state index in [9.17, 15) is 0 Å². The molecule has 0 fully saturated rings. The first kappa shape index (κ1) is 17.8. The largest absolute Gasteiger partial charge is 0.450 e. The maximum Gasteiger partial charge on any atom is 0.115 e. The molecule has 3 rings (SSSR count). The molecule has 0 spiro atoms. The van der Waals surface area contributed by atoms with Crippen molar-refractivity contribution in [1.82, 2.24) is 24.6 Å². The van der Waals surface area contributed by atoms with E-state index >= 15 is 0 Å². The van der Waals surface area contributed by atoms with Gasteiger partial charge in [0.15, 0.2) is 0 Å². The molecule has 0 aliphatic rings. The van der Waals surface area contributed by atoms with Gasteiger partial charge in [0.05, 0.1) is 0 Å². The van der Waals surface area contributed by atoms with E-state index in [0.29, 0.717) is 0 Å². The standard InChI is InChI=1S/C10H6N5.C2H6.CH3.Y/c1-2-15-7-13-14-10(15)3-8(1)9-4-11-6-12-5-9;1-2;;/h1-6H;1-2H3;1H3;/q-1;;-1;. The Labute approximate surface area is 138 Å². The molecular weight excluding hydrogens is 315 g/mol. The third-order valence-electron chi connectivity index (χ3n) is 2.13. The fourth-order valence-corrected chi connectivity index (χ4v) is 1.40. The van der Waals surface area contributed by atoms with E-state index in [2.05, 4.69) is 26.5 Å². The monoisotopic (exact) mass is 330 g/mol. The van der Waals surface area contributed by atoms with Gasteiger partial charge < -0.3 is 11.8 Å². The molecular formula is C13H15N5Y-2. The van der Waals surface area contributed by atoms with Gasteiger partial charge in [-0.3, -0.25) is 0 Å². The summed E-state index contributed by atoms with van der Waals surface area (Å²) in [5.41, 5.74) is 2.74. The molecule has 1 radical (unpaired) electrons. The molecule has 3 aromatic heterocycles. The molecule has 0 aliphatic carbocycles. The minimum absolute atomic E-state index is 0. The van der Waals surface area contributed by atoms with Gasteiger partial charge in [-0.25, -0.2) is 20.2 Å². The van der Waals surface area contributed by atoms with Crippen molar-refractivity contribution in [3.05, 3.63) is 50.8 Å². The van der Waals surface area contributed by atoms with Crippen LogP contribution in [0, 0.1) is 13.8 Å². The van der Waals surface area contributed by atoms with Crippen molar-refractivity contribution < 1.29 is 32.7 Å². The molecule has 0 bridgehead atoms. The Morgan fingerprint density at radius 1 is 1.11 bits per heavy atom. The van der Waals surface area contributed by atoms with Crippen LogP contribution in [0.1, 0.15) is 13.8 Å². The van der Waals surface area contributed by atoms with Gasteiger partial charge in [-0.05, 0) is 5.56 Å². The summed E-state index contributed by atoms with van der Waals surface area (Å²) in [6.07, 6.45) is 9.61. The van der Waals surface area contributed by atoms with Crippen molar-refractivity contribution in [1.29, 1.82) is 0 Å². The number of hydrogen-bond acceptors (Lipinski definition) is 4. The second-order valence-corrected chi connectivity index (χ2v) is 3.07. The quantitative estimate of drug-likeness (QED) is 0.643. The predicted molar refractivity (Wildman–Crippen MR) is 70.6 cm³/mol. The summed E-state index contributed by atoms with van der Waals surface area (Å²) in [7, 11) is 0. The van der Waals surface area contributed by atoms with Gasteiger partial charge in [0.2, 0.25) is 0 Å². The van der Waals surface area contributed by atoms with Gasteiger partial charge in [-0.1, -0.05) is 32.2 Å². The van der Waals surface area contributed by atoms with E-state index in [-0.39, 0.29) is 40.1 Å². The maximum absolute atomic E-state index is 3.97. The molecule has 0 saturated carbocycles. The number of fused-ring (bicyclic) bond motifs is 1. The Bertz CT molecular complexity index is 594.